The van der Waals surface area contributed by atoms with Crippen molar-refractivity contribution in [1.29, 1.82) is 0 Å². The molecule has 112 valence electrons. The molecule has 2 saturated carbocycles. The maximum absolute atomic E-state index is 12.9. The largest absolute Gasteiger partial charge is 0.342 e. The molecule has 2 aliphatic carbocycles. The summed E-state index contributed by atoms with van der Waals surface area (Å²) in [6.07, 6.45) is 6.31. The van der Waals surface area contributed by atoms with Crippen molar-refractivity contribution in [2.75, 3.05) is 0 Å². The van der Waals surface area contributed by atoms with Crippen LogP contribution < -0.4 is 5.32 Å². The van der Waals surface area contributed by atoms with Gasteiger partial charge in [0, 0.05) is 6.04 Å². The fraction of sp³-hybridized carbons (Fsp3) is 0.875. The highest BCUT2D eigenvalue weighted by atomic mass is 16.2. The molecule has 0 aromatic rings. The first-order valence-electron chi connectivity index (χ1n) is 8.14. The zero-order valence-electron chi connectivity index (χ0n) is 12.8. The summed E-state index contributed by atoms with van der Waals surface area (Å²) >= 11 is 0. The van der Waals surface area contributed by atoms with Crippen LogP contribution in [0.5, 0.6) is 0 Å². The smallest absolute Gasteiger partial charge is 0.246 e. The Morgan fingerprint density at radius 2 is 1.95 bits per heavy atom. The summed E-state index contributed by atoms with van der Waals surface area (Å²) in [6, 6.07) is -0.0981. The number of carbonyl (C=O) groups is 2. The summed E-state index contributed by atoms with van der Waals surface area (Å²) < 4.78 is 0. The number of rotatable bonds is 5. The molecule has 0 aromatic carbocycles. The lowest BCUT2D eigenvalue weighted by atomic mass is 9.85. The zero-order valence-corrected chi connectivity index (χ0v) is 12.8. The maximum atomic E-state index is 12.9. The van der Waals surface area contributed by atoms with Gasteiger partial charge in [-0.2, -0.15) is 0 Å². The maximum Gasteiger partial charge on any atom is 0.246 e. The normalized spacial score (nSPS) is 36.0. The Kier molecular flexibility index (Phi) is 3.30. The molecule has 0 spiro atoms. The third-order valence-corrected chi connectivity index (χ3v) is 5.36. The van der Waals surface area contributed by atoms with Gasteiger partial charge < -0.3 is 10.2 Å². The molecule has 0 bridgehead atoms. The molecule has 1 N–H and O–H groups in total. The second kappa shape index (κ2) is 4.74. The molecule has 4 nitrogen and oxygen atoms in total. The molecule has 3 rings (SSSR count). The molecular weight excluding hydrogens is 252 g/mol. The van der Waals surface area contributed by atoms with Gasteiger partial charge in [0.05, 0.1) is 0 Å². The average molecular weight is 278 g/mol. The van der Waals surface area contributed by atoms with Crippen LogP contribution in [0.3, 0.4) is 0 Å². The lowest BCUT2D eigenvalue weighted by Gasteiger charge is -2.49. The summed E-state index contributed by atoms with van der Waals surface area (Å²) in [6.45, 7) is 6.22. The minimum absolute atomic E-state index is 0.0828. The van der Waals surface area contributed by atoms with Crippen LogP contribution in [0.15, 0.2) is 0 Å². The van der Waals surface area contributed by atoms with E-state index in [2.05, 4.69) is 19.2 Å². The standard InChI is InChI=1S/C16H26N2O2/c1-4-5-10(2)18-14(19)13(11-6-7-11)17-15(20)16(18,3)12-8-9-12/h10-13H,4-9H2,1-3H3,(H,17,20). The second-order valence-electron chi connectivity index (χ2n) is 7.06. The van der Waals surface area contributed by atoms with Gasteiger partial charge in [0.1, 0.15) is 11.6 Å². The lowest BCUT2D eigenvalue weighted by molar-refractivity contribution is -0.162. The van der Waals surface area contributed by atoms with E-state index >= 15 is 0 Å². The molecule has 20 heavy (non-hydrogen) atoms. The third-order valence-electron chi connectivity index (χ3n) is 5.36. The summed E-state index contributed by atoms with van der Waals surface area (Å²) in [4.78, 5) is 27.6. The predicted molar refractivity (Wildman–Crippen MR) is 77.0 cm³/mol. The SMILES string of the molecule is CCCC(C)N1C(=O)C(C2CC2)NC(=O)C1(C)C1CC1. The van der Waals surface area contributed by atoms with Crippen molar-refractivity contribution < 1.29 is 9.59 Å². The van der Waals surface area contributed by atoms with E-state index in [9.17, 15) is 9.59 Å². The van der Waals surface area contributed by atoms with Crippen LogP contribution in [0.4, 0.5) is 0 Å². The minimum Gasteiger partial charge on any atom is -0.342 e. The van der Waals surface area contributed by atoms with Crippen LogP contribution in [0.2, 0.25) is 0 Å². The summed E-state index contributed by atoms with van der Waals surface area (Å²) in [5.74, 6) is 0.986. The monoisotopic (exact) mass is 278 g/mol. The van der Waals surface area contributed by atoms with Gasteiger partial charge in [-0.25, -0.2) is 0 Å². The number of piperazine rings is 1. The fourth-order valence-electron chi connectivity index (χ4n) is 3.84. The van der Waals surface area contributed by atoms with E-state index in [0.29, 0.717) is 11.8 Å². The molecular formula is C16H26N2O2. The zero-order chi connectivity index (χ0) is 14.5. The summed E-state index contributed by atoms with van der Waals surface area (Å²) in [5.41, 5.74) is -0.614. The van der Waals surface area contributed by atoms with Crippen LogP contribution in [0.25, 0.3) is 0 Å². The third kappa shape index (κ3) is 2.04. The Balaban J connectivity index is 1.91. The first-order valence-corrected chi connectivity index (χ1v) is 8.14. The topological polar surface area (TPSA) is 49.4 Å². The Morgan fingerprint density at radius 3 is 2.45 bits per heavy atom. The van der Waals surface area contributed by atoms with Crippen LogP contribution in [-0.4, -0.2) is 34.3 Å². The number of hydrogen-bond donors (Lipinski definition) is 1. The van der Waals surface area contributed by atoms with Crippen molar-refractivity contribution in [1.82, 2.24) is 10.2 Å². The molecule has 1 saturated heterocycles. The van der Waals surface area contributed by atoms with E-state index < -0.39 is 5.54 Å². The molecule has 1 aliphatic heterocycles. The van der Waals surface area contributed by atoms with Crippen molar-refractivity contribution >= 4 is 11.8 Å². The van der Waals surface area contributed by atoms with Crippen molar-refractivity contribution in [3.8, 4) is 0 Å². The van der Waals surface area contributed by atoms with Gasteiger partial charge in [-0.15, -0.1) is 0 Å². The van der Waals surface area contributed by atoms with E-state index in [1.807, 2.05) is 11.8 Å². The van der Waals surface area contributed by atoms with E-state index in [1.165, 1.54) is 0 Å². The number of carbonyl (C=O) groups excluding carboxylic acids is 2. The molecule has 1 heterocycles. The van der Waals surface area contributed by atoms with E-state index in [4.69, 9.17) is 0 Å². The number of nitrogens with zero attached hydrogens (tertiary/aromatic N) is 1. The summed E-state index contributed by atoms with van der Waals surface area (Å²) in [7, 11) is 0. The van der Waals surface area contributed by atoms with Crippen molar-refractivity contribution in [2.24, 2.45) is 11.8 Å². The molecule has 0 radical (unpaired) electrons. The Hall–Kier alpha value is -1.06. The number of hydrogen-bond acceptors (Lipinski definition) is 2. The molecule has 3 fully saturated rings. The quantitative estimate of drug-likeness (QED) is 0.837. The fourth-order valence-corrected chi connectivity index (χ4v) is 3.84. The number of amides is 2. The Bertz CT molecular complexity index is 428. The first-order chi connectivity index (χ1) is 9.50. The van der Waals surface area contributed by atoms with Crippen LogP contribution in [0, 0.1) is 11.8 Å². The van der Waals surface area contributed by atoms with Crippen molar-refractivity contribution in [3.63, 3.8) is 0 Å². The first kappa shape index (κ1) is 13.9. The molecule has 0 aromatic heterocycles. The van der Waals surface area contributed by atoms with Gasteiger partial charge in [-0.05, 0) is 57.8 Å². The highest BCUT2D eigenvalue weighted by molar-refractivity contribution is 6.00. The molecule has 3 aliphatic rings. The highest BCUT2D eigenvalue weighted by Crippen LogP contribution is 2.47. The van der Waals surface area contributed by atoms with E-state index in [-0.39, 0.29) is 23.9 Å². The van der Waals surface area contributed by atoms with Gasteiger partial charge in [-0.1, -0.05) is 13.3 Å². The predicted octanol–water partition coefficient (Wildman–Crippen LogP) is 2.08. The van der Waals surface area contributed by atoms with E-state index in [1.54, 1.807) is 0 Å². The Labute approximate surface area is 121 Å². The van der Waals surface area contributed by atoms with Crippen LogP contribution in [-0.2, 0) is 9.59 Å². The van der Waals surface area contributed by atoms with Gasteiger partial charge in [-0.3, -0.25) is 9.59 Å². The Morgan fingerprint density at radius 1 is 1.30 bits per heavy atom. The molecule has 3 atom stereocenters. The highest BCUT2D eigenvalue weighted by Gasteiger charge is 2.59. The van der Waals surface area contributed by atoms with Gasteiger partial charge in [0.2, 0.25) is 11.8 Å². The van der Waals surface area contributed by atoms with Gasteiger partial charge in [0.15, 0.2) is 0 Å². The lowest BCUT2D eigenvalue weighted by Crippen LogP contribution is -2.72. The average Bonchev–Trinajstić information content (AvgIpc) is 3.27. The van der Waals surface area contributed by atoms with Gasteiger partial charge >= 0.3 is 0 Å². The van der Waals surface area contributed by atoms with Gasteiger partial charge in [0.25, 0.3) is 0 Å². The molecule has 2 amide bonds. The summed E-state index contributed by atoms with van der Waals surface area (Å²) in [5, 5.41) is 3.04. The van der Waals surface area contributed by atoms with Crippen LogP contribution >= 0.6 is 0 Å². The van der Waals surface area contributed by atoms with Crippen LogP contribution in [0.1, 0.15) is 59.3 Å². The molecule has 4 heteroatoms. The second-order valence-corrected chi connectivity index (χ2v) is 7.06. The van der Waals surface area contributed by atoms with E-state index in [0.717, 1.165) is 38.5 Å². The van der Waals surface area contributed by atoms with Crippen molar-refractivity contribution in [2.45, 2.75) is 76.9 Å². The minimum atomic E-state index is -0.614. The van der Waals surface area contributed by atoms with Crippen molar-refractivity contribution in [3.05, 3.63) is 0 Å². The number of nitrogens with one attached hydrogen (secondary N) is 1. The molecule has 3 unspecified atom stereocenters.